The van der Waals surface area contributed by atoms with Crippen molar-refractivity contribution in [3.05, 3.63) is 0 Å². The molecule has 3 fully saturated rings. The van der Waals surface area contributed by atoms with Crippen LogP contribution < -0.4 is 11.1 Å². The third kappa shape index (κ3) is 5.46. The smallest absolute Gasteiger partial charge is 0.426 e. The molecule has 0 aromatic carbocycles. The Hall–Kier alpha value is -1.65. The van der Waals surface area contributed by atoms with Crippen LogP contribution in [0.15, 0.2) is 0 Å². The minimum absolute atomic E-state index is 0.162. The Balaban J connectivity index is 1.66. The third-order valence-corrected chi connectivity index (χ3v) is 7.44. The number of nitrogens with zero attached hydrogens (tertiary/aromatic N) is 2. The van der Waals surface area contributed by atoms with Crippen molar-refractivity contribution in [1.29, 1.82) is 0 Å². The van der Waals surface area contributed by atoms with Crippen molar-refractivity contribution in [3.63, 3.8) is 0 Å². The Morgan fingerprint density at radius 1 is 0.906 bits per heavy atom. The van der Waals surface area contributed by atoms with Crippen LogP contribution in [0.4, 0.5) is 0 Å². The van der Waals surface area contributed by atoms with Crippen LogP contribution in [0.3, 0.4) is 0 Å². The molecule has 1 aliphatic carbocycles. The van der Waals surface area contributed by atoms with E-state index >= 15 is 0 Å². The first-order chi connectivity index (χ1) is 15.2. The Morgan fingerprint density at radius 2 is 1.53 bits per heavy atom. The van der Waals surface area contributed by atoms with Gasteiger partial charge >= 0.3 is 7.12 Å². The highest BCUT2D eigenvalue weighted by molar-refractivity contribution is 6.43. The average Bonchev–Trinajstić information content (AvgIpc) is 3.46. The number of carbonyl (C=O) groups is 3. The van der Waals surface area contributed by atoms with Crippen molar-refractivity contribution < 1.29 is 24.4 Å². The standard InChI is InChI=1S/C22H39BN4O5/c1-14(2)19(22(30)27-13-7-11-17(27)23(31)32)25-20(28)16-10-6-12-26(16)21(29)18(24)15-8-4-3-5-9-15/h14-19,31-32H,3-13,24H2,1-2H3,(H,25,28)/t16-,17-,18?,19?/m0/s1. The summed E-state index contributed by atoms with van der Waals surface area (Å²) in [4.78, 5) is 42.6. The molecule has 0 radical (unpaired) electrons. The Morgan fingerprint density at radius 3 is 2.16 bits per heavy atom. The van der Waals surface area contributed by atoms with E-state index < -0.39 is 31.2 Å². The summed E-state index contributed by atoms with van der Waals surface area (Å²) in [6, 6.07) is -1.99. The van der Waals surface area contributed by atoms with Gasteiger partial charge in [-0.05, 0) is 50.4 Å². The first-order valence-electron chi connectivity index (χ1n) is 12.3. The number of rotatable bonds is 7. The monoisotopic (exact) mass is 450 g/mol. The zero-order valence-corrected chi connectivity index (χ0v) is 19.4. The second kappa shape index (κ2) is 11.0. The minimum Gasteiger partial charge on any atom is -0.426 e. The highest BCUT2D eigenvalue weighted by Gasteiger charge is 2.43. The normalized spacial score (nSPS) is 26.3. The molecule has 2 saturated heterocycles. The van der Waals surface area contributed by atoms with Gasteiger partial charge in [-0.1, -0.05) is 33.1 Å². The van der Waals surface area contributed by atoms with E-state index in [1.807, 2.05) is 13.8 Å². The molecule has 4 atom stereocenters. The van der Waals surface area contributed by atoms with E-state index in [1.165, 1.54) is 11.3 Å². The van der Waals surface area contributed by atoms with E-state index in [2.05, 4.69) is 5.32 Å². The lowest BCUT2D eigenvalue weighted by molar-refractivity contribution is -0.143. The fourth-order valence-corrected chi connectivity index (χ4v) is 5.51. The predicted molar refractivity (Wildman–Crippen MR) is 121 cm³/mol. The summed E-state index contributed by atoms with van der Waals surface area (Å²) in [5.74, 6) is -1.47. The van der Waals surface area contributed by atoms with Gasteiger partial charge in [-0.15, -0.1) is 0 Å². The Bertz CT molecular complexity index is 685. The summed E-state index contributed by atoms with van der Waals surface area (Å²) in [6.45, 7) is 4.63. The molecule has 0 aromatic heterocycles. The van der Waals surface area contributed by atoms with Crippen molar-refractivity contribution in [2.24, 2.45) is 17.6 Å². The van der Waals surface area contributed by atoms with Gasteiger partial charge in [-0.25, -0.2) is 0 Å². The van der Waals surface area contributed by atoms with Crippen LogP contribution in [-0.2, 0) is 14.4 Å². The molecule has 32 heavy (non-hydrogen) atoms. The van der Waals surface area contributed by atoms with Crippen molar-refractivity contribution >= 4 is 24.8 Å². The van der Waals surface area contributed by atoms with Crippen LogP contribution in [0.1, 0.15) is 71.6 Å². The fourth-order valence-electron chi connectivity index (χ4n) is 5.51. The molecule has 10 heteroatoms. The molecule has 3 rings (SSSR count). The molecule has 1 saturated carbocycles. The molecule has 2 unspecified atom stereocenters. The number of hydrogen-bond acceptors (Lipinski definition) is 6. The lowest BCUT2D eigenvalue weighted by atomic mass is 9.77. The van der Waals surface area contributed by atoms with Crippen LogP contribution in [0.2, 0.25) is 0 Å². The van der Waals surface area contributed by atoms with Crippen molar-refractivity contribution in [3.8, 4) is 0 Å². The summed E-state index contributed by atoms with van der Waals surface area (Å²) in [7, 11) is -1.60. The Labute approximate surface area is 191 Å². The lowest BCUT2D eigenvalue weighted by Gasteiger charge is -2.34. The molecule has 0 aromatic rings. The van der Waals surface area contributed by atoms with Gasteiger partial charge in [0.05, 0.1) is 12.0 Å². The SMILES string of the molecule is CC(C)C(NC(=O)[C@@H]1CCCN1C(=O)C(N)C1CCCCC1)C(=O)N1CCC[C@H]1B(O)O. The number of likely N-dealkylation sites (tertiary alicyclic amines) is 2. The number of nitrogens with one attached hydrogen (secondary N) is 1. The van der Waals surface area contributed by atoms with Gasteiger partial charge in [0.15, 0.2) is 0 Å². The average molecular weight is 450 g/mol. The van der Waals surface area contributed by atoms with Gasteiger partial charge in [0.1, 0.15) is 12.1 Å². The summed E-state index contributed by atoms with van der Waals surface area (Å²) in [6.07, 6.45) is 7.76. The maximum absolute atomic E-state index is 13.2. The van der Waals surface area contributed by atoms with Crippen LogP contribution >= 0.6 is 0 Å². The fraction of sp³-hybridized carbons (Fsp3) is 0.864. The second-order valence-electron chi connectivity index (χ2n) is 10.00. The quantitative estimate of drug-likeness (QED) is 0.404. The van der Waals surface area contributed by atoms with E-state index in [0.29, 0.717) is 32.4 Å². The maximum atomic E-state index is 13.2. The van der Waals surface area contributed by atoms with Gasteiger partial charge in [-0.3, -0.25) is 14.4 Å². The molecule has 5 N–H and O–H groups in total. The van der Waals surface area contributed by atoms with Gasteiger partial charge in [0.25, 0.3) is 0 Å². The minimum atomic E-state index is -1.60. The van der Waals surface area contributed by atoms with Crippen molar-refractivity contribution in [2.75, 3.05) is 13.1 Å². The first-order valence-corrected chi connectivity index (χ1v) is 12.3. The van der Waals surface area contributed by atoms with Crippen LogP contribution in [-0.4, -0.2) is 81.8 Å². The molecule has 2 heterocycles. The lowest BCUT2D eigenvalue weighted by Crippen LogP contribution is -2.59. The highest BCUT2D eigenvalue weighted by Crippen LogP contribution is 2.28. The summed E-state index contributed by atoms with van der Waals surface area (Å²) in [5, 5.41) is 22.1. The van der Waals surface area contributed by atoms with Crippen LogP contribution in [0, 0.1) is 11.8 Å². The molecule has 9 nitrogen and oxygen atoms in total. The van der Waals surface area contributed by atoms with Gasteiger partial charge in [-0.2, -0.15) is 0 Å². The topological polar surface area (TPSA) is 136 Å². The molecule has 2 aliphatic heterocycles. The summed E-state index contributed by atoms with van der Waals surface area (Å²) in [5.41, 5.74) is 6.33. The third-order valence-electron chi connectivity index (χ3n) is 7.44. The predicted octanol–water partition coefficient (Wildman–Crippen LogP) is 0.0288. The molecule has 3 amide bonds. The van der Waals surface area contributed by atoms with E-state index in [-0.39, 0.29) is 29.6 Å². The van der Waals surface area contributed by atoms with E-state index in [4.69, 9.17) is 5.73 Å². The van der Waals surface area contributed by atoms with Gasteiger partial charge in [0, 0.05) is 13.1 Å². The maximum Gasteiger partial charge on any atom is 0.475 e. The summed E-state index contributed by atoms with van der Waals surface area (Å²) < 4.78 is 0. The zero-order chi connectivity index (χ0) is 23.4. The van der Waals surface area contributed by atoms with Crippen LogP contribution in [0.5, 0.6) is 0 Å². The van der Waals surface area contributed by atoms with E-state index in [9.17, 15) is 24.4 Å². The van der Waals surface area contributed by atoms with Crippen LogP contribution in [0.25, 0.3) is 0 Å². The van der Waals surface area contributed by atoms with Gasteiger partial charge in [0.2, 0.25) is 17.7 Å². The second-order valence-corrected chi connectivity index (χ2v) is 10.00. The van der Waals surface area contributed by atoms with Crippen molar-refractivity contribution in [2.45, 2.75) is 95.7 Å². The number of amides is 3. The molecule has 0 spiro atoms. The zero-order valence-electron chi connectivity index (χ0n) is 19.4. The Kier molecular flexibility index (Phi) is 8.58. The van der Waals surface area contributed by atoms with E-state index in [1.54, 1.807) is 4.90 Å². The van der Waals surface area contributed by atoms with Crippen molar-refractivity contribution in [1.82, 2.24) is 15.1 Å². The number of carbonyl (C=O) groups excluding carboxylic acids is 3. The molecule has 180 valence electrons. The molecule has 3 aliphatic rings. The molecular weight excluding hydrogens is 411 g/mol. The first kappa shape index (κ1) is 25.0. The molecular formula is C22H39BN4O5. The highest BCUT2D eigenvalue weighted by atomic mass is 16.4. The number of hydrogen-bond donors (Lipinski definition) is 4. The molecule has 0 bridgehead atoms. The number of nitrogens with two attached hydrogens (primary N) is 1. The summed E-state index contributed by atoms with van der Waals surface area (Å²) >= 11 is 0. The van der Waals surface area contributed by atoms with E-state index in [0.717, 1.165) is 32.1 Å². The van der Waals surface area contributed by atoms with Gasteiger partial charge < -0.3 is 30.9 Å². The largest absolute Gasteiger partial charge is 0.475 e.